The van der Waals surface area contributed by atoms with E-state index in [2.05, 4.69) is 20.8 Å². The summed E-state index contributed by atoms with van der Waals surface area (Å²) in [6.45, 7) is 6.57. The maximum atomic E-state index is 5.30. The predicted octanol–water partition coefficient (Wildman–Crippen LogP) is 1.46. The van der Waals surface area contributed by atoms with Gasteiger partial charge in [0.1, 0.15) is 0 Å². The Bertz CT molecular complexity index is 107. The average Bonchev–Trinajstić information content (AvgIpc) is 2.01. The summed E-state index contributed by atoms with van der Waals surface area (Å²) in [5.74, 6) is 0. The van der Waals surface area contributed by atoms with Crippen LogP contribution in [0.1, 0.15) is 72.1 Å². The van der Waals surface area contributed by atoms with Gasteiger partial charge in [-0.1, -0.05) is 72.1 Å². The van der Waals surface area contributed by atoms with Crippen molar-refractivity contribution in [2.24, 2.45) is 0 Å². The van der Waals surface area contributed by atoms with Crippen molar-refractivity contribution in [3.05, 3.63) is 0 Å². The zero-order chi connectivity index (χ0) is 10.2. The molecule has 0 bridgehead atoms. The maximum absolute atomic E-state index is 5.30. The Labute approximate surface area is 118 Å². The molecule has 0 nitrogen and oxygen atoms in total. The van der Waals surface area contributed by atoms with Gasteiger partial charge in [-0.3, -0.25) is 0 Å². The van der Waals surface area contributed by atoms with Crippen molar-refractivity contribution < 1.29 is 29.6 Å². The van der Waals surface area contributed by atoms with Gasteiger partial charge >= 0.3 is 29.6 Å². The Hall–Kier alpha value is 1.35. The largest absolute Gasteiger partial charge is 1.00 e. The third-order valence-electron chi connectivity index (χ3n) is 2.38. The number of unbranched alkanes of at least 4 members (excludes halogenated alkanes) is 6. The second-order valence-electron chi connectivity index (χ2n) is 4.63. The van der Waals surface area contributed by atoms with Gasteiger partial charge in [0.05, 0.1) is 0 Å². The third-order valence-corrected chi connectivity index (χ3v) is 2.59. The topological polar surface area (TPSA) is 0 Å². The van der Waals surface area contributed by atoms with Gasteiger partial charge in [0.25, 0.3) is 0 Å². The molecule has 0 aromatic heterocycles. The van der Waals surface area contributed by atoms with Crippen LogP contribution in [0, 0.1) is 0 Å². The molecule has 0 amide bonds. The van der Waals surface area contributed by atoms with E-state index in [1.54, 1.807) is 0 Å². The van der Waals surface area contributed by atoms with Gasteiger partial charge in [0.2, 0.25) is 0 Å². The fraction of sp³-hybridized carbons (Fsp3) is 1.00. The Morgan fingerprint density at radius 3 is 1.71 bits per heavy atom. The molecule has 14 heavy (non-hydrogen) atoms. The van der Waals surface area contributed by atoms with E-state index in [1.165, 1.54) is 51.4 Å². The van der Waals surface area contributed by atoms with Gasteiger partial charge in [0.15, 0.2) is 0 Å². The van der Waals surface area contributed by atoms with E-state index < -0.39 is 0 Å². The zero-order valence-electron chi connectivity index (χ0n) is 10.6. The molecule has 0 fully saturated rings. The minimum atomic E-state index is 0. The fourth-order valence-corrected chi connectivity index (χ4v) is 1.65. The summed E-state index contributed by atoms with van der Waals surface area (Å²) in [5, 5.41) is 0. The summed E-state index contributed by atoms with van der Waals surface area (Å²) in [4.78, 5) is 0. The molecule has 0 radical (unpaired) electrons. The molecule has 0 aromatic rings. The second-order valence-corrected chi connectivity index (χ2v) is 5.74. The Balaban J connectivity index is 0. The van der Waals surface area contributed by atoms with Crippen molar-refractivity contribution in [3.8, 4) is 0 Å². The first kappa shape index (κ1) is 17.7. The van der Waals surface area contributed by atoms with Crippen LogP contribution in [0.3, 0.4) is 0 Å². The van der Waals surface area contributed by atoms with Crippen molar-refractivity contribution in [2.75, 3.05) is 0 Å². The van der Waals surface area contributed by atoms with Crippen LogP contribution in [-0.4, -0.2) is 4.75 Å². The molecule has 0 aliphatic rings. The minimum absolute atomic E-state index is 0. The SMILES string of the molecule is CCCCCCCCCC(C)(C)[S-].[Na+]. The molecule has 0 saturated carbocycles. The monoisotopic (exact) mass is 224 g/mol. The normalized spacial score (nSPS) is 11.1. The molecule has 0 saturated heterocycles. The molecule has 0 spiro atoms. The first-order valence-corrected chi connectivity index (χ1v) is 6.17. The van der Waals surface area contributed by atoms with Crippen LogP contribution in [0.4, 0.5) is 0 Å². The van der Waals surface area contributed by atoms with Crippen LogP contribution in [0.5, 0.6) is 0 Å². The smallest absolute Gasteiger partial charge is 0.786 e. The molecule has 0 atom stereocenters. The molecule has 80 valence electrons. The number of hydrogen-bond acceptors (Lipinski definition) is 1. The molecule has 0 aromatic carbocycles. The van der Waals surface area contributed by atoms with Crippen LogP contribution in [0.15, 0.2) is 0 Å². The Kier molecular flexibility index (Phi) is 13.8. The van der Waals surface area contributed by atoms with Crippen molar-refractivity contribution in [1.29, 1.82) is 0 Å². The Morgan fingerprint density at radius 1 is 0.857 bits per heavy atom. The van der Waals surface area contributed by atoms with Crippen molar-refractivity contribution >= 4 is 12.6 Å². The van der Waals surface area contributed by atoms with Crippen molar-refractivity contribution in [3.63, 3.8) is 0 Å². The quantitative estimate of drug-likeness (QED) is 0.342. The van der Waals surface area contributed by atoms with Gasteiger partial charge in [0, 0.05) is 0 Å². The first-order chi connectivity index (χ1) is 6.06. The minimum Gasteiger partial charge on any atom is -0.786 e. The molecule has 2 heteroatoms. The van der Waals surface area contributed by atoms with Gasteiger partial charge < -0.3 is 12.6 Å². The summed E-state index contributed by atoms with van der Waals surface area (Å²) < 4.78 is 0.128. The third kappa shape index (κ3) is 15.8. The van der Waals surface area contributed by atoms with Crippen LogP contribution < -0.4 is 29.6 Å². The van der Waals surface area contributed by atoms with E-state index in [0.29, 0.717) is 0 Å². The van der Waals surface area contributed by atoms with E-state index in [1.807, 2.05) is 0 Å². The fourth-order valence-electron chi connectivity index (χ4n) is 1.51. The van der Waals surface area contributed by atoms with E-state index in [0.717, 1.165) is 0 Å². The second kappa shape index (κ2) is 10.9. The molecule has 0 aliphatic heterocycles. The molecule has 0 N–H and O–H groups in total. The first-order valence-electron chi connectivity index (χ1n) is 5.76. The van der Waals surface area contributed by atoms with Gasteiger partial charge in [-0.25, -0.2) is 0 Å². The molecular weight excluding hydrogens is 199 g/mol. The summed E-state index contributed by atoms with van der Waals surface area (Å²) in [5.41, 5.74) is 0. The van der Waals surface area contributed by atoms with Crippen LogP contribution in [0.25, 0.3) is 0 Å². The van der Waals surface area contributed by atoms with Gasteiger partial charge in [-0.2, -0.15) is 4.75 Å². The average molecular weight is 224 g/mol. The van der Waals surface area contributed by atoms with E-state index in [9.17, 15) is 0 Å². The van der Waals surface area contributed by atoms with Crippen molar-refractivity contribution in [2.45, 2.75) is 76.9 Å². The number of hydrogen-bond donors (Lipinski definition) is 0. The summed E-state index contributed by atoms with van der Waals surface area (Å²) in [6.07, 6.45) is 10.9. The summed E-state index contributed by atoms with van der Waals surface area (Å²) in [7, 11) is 0. The predicted molar refractivity (Wildman–Crippen MR) is 64.1 cm³/mol. The van der Waals surface area contributed by atoms with Crippen LogP contribution in [0.2, 0.25) is 0 Å². The zero-order valence-corrected chi connectivity index (χ0v) is 13.4. The Morgan fingerprint density at radius 2 is 1.29 bits per heavy atom. The maximum Gasteiger partial charge on any atom is 1.00 e. The molecule has 0 unspecified atom stereocenters. The molecule has 0 aliphatic carbocycles. The van der Waals surface area contributed by atoms with Crippen LogP contribution >= 0.6 is 0 Å². The molecular formula is C12H25NaS. The summed E-state index contributed by atoms with van der Waals surface area (Å²) >= 11 is 5.30. The number of rotatable bonds is 8. The van der Waals surface area contributed by atoms with E-state index in [4.69, 9.17) is 12.6 Å². The van der Waals surface area contributed by atoms with E-state index in [-0.39, 0.29) is 34.3 Å². The van der Waals surface area contributed by atoms with Gasteiger partial charge in [-0.15, -0.1) is 0 Å². The van der Waals surface area contributed by atoms with Crippen LogP contribution in [-0.2, 0) is 12.6 Å². The van der Waals surface area contributed by atoms with Crippen molar-refractivity contribution in [1.82, 2.24) is 0 Å². The molecule has 0 rings (SSSR count). The molecule has 0 heterocycles. The van der Waals surface area contributed by atoms with E-state index >= 15 is 0 Å². The standard InChI is InChI=1S/C12H26S.Na/c1-4-5-6-7-8-9-10-11-12(2,3)13;/h13H,4-11H2,1-3H3;/q;+1/p-1. The summed E-state index contributed by atoms with van der Waals surface area (Å²) in [6, 6.07) is 0. The van der Waals surface area contributed by atoms with Gasteiger partial charge in [-0.05, 0) is 0 Å².